The Hall–Kier alpha value is -1.02. The summed E-state index contributed by atoms with van der Waals surface area (Å²) in [5.74, 6) is 0.940. The van der Waals surface area contributed by atoms with E-state index in [4.69, 9.17) is 0 Å². The zero-order valence-corrected chi connectivity index (χ0v) is 13.6. The highest BCUT2D eigenvalue weighted by Crippen LogP contribution is 2.40. The van der Waals surface area contributed by atoms with E-state index in [0.717, 1.165) is 18.4 Å². The molecule has 116 valence electrons. The van der Waals surface area contributed by atoms with Crippen LogP contribution >= 0.6 is 0 Å². The van der Waals surface area contributed by atoms with E-state index in [2.05, 4.69) is 48.5 Å². The molecule has 21 heavy (non-hydrogen) atoms. The molecule has 1 N–H and O–H groups in total. The Labute approximate surface area is 129 Å². The van der Waals surface area contributed by atoms with Gasteiger partial charge in [0, 0.05) is 24.3 Å². The van der Waals surface area contributed by atoms with Crippen molar-refractivity contribution in [3.63, 3.8) is 0 Å². The largest absolute Gasteiger partial charge is 0.368 e. The smallest absolute Gasteiger partial charge is 0.0417 e. The predicted octanol–water partition coefficient (Wildman–Crippen LogP) is 4.52. The van der Waals surface area contributed by atoms with Gasteiger partial charge in [0.15, 0.2) is 0 Å². The van der Waals surface area contributed by atoms with Gasteiger partial charge in [-0.15, -0.1) is 0 Å². The van der Waals surface area contributed by atoms with Crippen molar-refractivity contribution in [2.24, 2.45) is 5.92 Å². The van der Waals surface area contributed by atoms with Crippen molar-refractivity contribution in [1.82, 2.24) is 5.32 Å². The minimum atomic E-state index is 0.477. The first-order valence-electron chi connectivity index (χ1n) is 8.88. The summed E-state index contributed by atoms with van der Waals surface area (Å²) in [6.07, 6.45) is 9.68. The van der Waals surface area contributed by atoms with Crippen LogP contribution in [0, 0.1) is 5.92 Å². The van der Waals surface area contributed by atoms with Gasteiger partial charge in [-0.2, -0.15) is 0 Å². The molecule has 1 saturated heterocycles. The number of piperidine rings is 1. The maximum atomic E-state index is 3.49. The number of hydrogen-bond acceptors (Lipinski definition) is 2. The van der Waals surface area contributed by atoms with Gasteiger partial charge in [-0.1, -0.05) is 38.0 Å². The van der Waals surface area contributed by atoms with E-state index in [1.54, 1.807) is 0 Å². The van der Waals surface area contributed by atoms with Crippen LogP contribution in [0.1, 0.15) is 63.5 Å². The van der Waals surface area contributed by atoms with Crippen molar-refractivity contribution < 1.29 is 0 Å². The van der Waals surface area contributed by atoms with Gasteiger partial charge in [-0.25, -0.2) is 0 Å². The summed E-state index contributed by atoms with van der Waals surface area (Å²) in [7, 11) is 2.09. The van der Waals surface area contributed by atoms with E-state index >= 15 is 0 Å². The summed E-state index contributed by atoms with van der Waals surface area (Å²) in [4.78, 5) is 2.75. The minimum Gasteiger partial charge on any atom is -0.368 e. The number of fused-ring (bicyclic) bond motifs is 1. The number of nitrogens with zero attached hydrogens (tertiary/aromatic N) is 1. The number of rotatable bonds is 4. The fourth-order valence-electron chi connectivity index (χ4n) is 4.55. The van der Waals surface area contributed by atoms with Crippen molar-refractivity contribution in [1.29, 1.82) is 0 Å². The van der Waals surface area contributed by atoms with Crippen LogP contribution in [0.3, 0.4) is 0 Å². The lowest BCUT2D eigenvalue weighted by Gasteiger charge is -2.46. The maximum Gasteiger partial charge on any atom is 0.0417 e. The van der Waals surface area contributed by atoms with Crippen LogP contribution in [-0.2, 0) is 0 Å². The van der Waals surface area contributed by atoms with Gasteiger partial charge < -0.3 is 10.2 Å². The molecule has 0 aromatic heterocycles. The molecular formula is C19H30N2. The average Bonchev–Trinajstić information content (AvgIpc) is 2.56. The lowest BCUT2D eigenvalue weighted by atomic mass is 9.78. The van der Waals surface area contributed by atoms with Crippen LogP contribution < -0.4 is 10.2 Å². The van der Waals surface area contributed by atoms with Crippen molar-refractivity contribution in [3.05, 3.63) is 29.8 Å². The summed E-state index contributed by atoms with van der Waals surface area (Å²) >= 11 is 0. The van der Waals surface area contributed by atoms with E-state index in [1.807, 2.05) is 0 Å². The molecule has 3 rings (SSSR count). The monoisotopic (exact) mass is 286 g/mol. The van der Waals surface area contributed by atoms with Crippen LogP contribution in [-0.4, -0.2) is 19.6 Å². The molecule has 2 fully saturated rings. The molecule has 0 radical (unpaired) electrons. The van der Waals surface area contributed by atoms with E-state index in [-0.39, 0.29) is 0 Å². The van der Waals surface area contributed by atoms with Crippen LogP contribution in [0.15, 0.2) is 24.3 Å². The van der Waals surface area contributed by atoms with Crippen molar-refractivity contribution in [2.45, 2.75) is 64.0 Å². The van der Waals surface area contributed by atoms with Crippen molar-refractivity contribution in [2.75, 3.05) is 18.5 Å². The highest BCUT2D eigenvalue weighted by atomic mass is 15.2. The van der Waals surface area contributed by atoms with E-state index < -0.39 is 0 Å². The third-order valence-electron chi connectivity index (χ3n) is 5.62. The third kappa shape index (κ3) is 2.96. The normalized spacial score (nSPS) is 27.2. The molecule has 0 bridgehead atoms. The third-order valence-corrected chi connectivity index (χ3v) is 5.62. The Kier molecular flexibility index (Phi) is 4.84. The fourth-order valence-corrected chi connectivity index (χ4v) is 4.55. The van der Waals surface area contributed by atoms with Gasteiger partial charge in [0.25, 0.3) is 0 Å². The Morgan fingerprint density at radius 2 is 1.90 bits per heavy atom. The first-order chi connectivity index (χ1) is 10.3. The number of para-hydroxylation sites is 1. The second-order valence-electron chi connectivity index (χ2n) is 6.76. The van der Waals surface area contributed by atoms with Gasteiger partial charge >= 0.3 is 0 Å². The molecule has 1 aliphatic carbocycles. The zero-order valence-electron chi connectivity index (χ0n) is 13.6. The molecule has 2 heteroatoms. The second kappa shape index (κ2) is 6.83. The average molecular weight is 286 g/mol. The lowest BCUT2D eigenvalue weighted by Crippen LogP contribution is -2.47. The van der Waals surface area contributed by atoms with Crippen LogP contribution in [0.5, 0.6) is 0 Å². The first kappa shape index (κ1) is 14.9. The SMILES string of the molecule is CCC(NC)c1ccccc1N1CCC[C@H]2CCCC[C@H]21. The molecule has 1 unspecified atom stereocenters. The molecule has 2 aliphatic rings. The number of benzene rings is 1. The van der Waals surface area contributed by atoms with Gasteiger partial charge in [0.05, 0.1) is 0 Å². The molecular weight excluding hydrogens is 256 g/mol. The van der Waals surface area contributed by atoms with Crippen LogP contribution in [0.4, 0.5) is 5.69 Å². The summed E-state index contributed by atoms with van der Waals surface area (Å²) in [5, 5.41) is 3.49. The molecule has 1 heterocycles. The number of hydrogen-bond donors (Lipinski definition) is 1. The van der Waals surface area contributed by atoms with Crippen molar-refractivity contribution in [3.8, 4) is 0 Å². The standard InChI is InChI=1S/C19H30N2/c1-3-17(20-2)16-11-5-7-13-19(16)21-14-8-10-15-9-4-6-12-18(15)21/h5,7,11,13,15,17-18,20H,3-4,6,8-10,12,14H2,1-2H3/t15-,17?,18-/m1/s1. The van der Waals surface area contributed by atoms with E-state index in [9.17, 15) is 0 Å². The lowest BCUT2D eigenvalue weighted by molar-refractivity contribution is 0.243. The summed E-state index contributed by atoms with van der Waals surface area (Å²) in [5.41, 5.74) is 2.99. The summed E-state index contributed by atoms with van der Waals surface area (Å²) in [6.45, 7) is 3.52. The van der Waals surface area contributed by atoms with Gasteiger partial charge in [-0.05, 0) is 56.7 Å². The quantitative estimate of drug-likeness (QED) is 0.875. The Morgan fingerprint density at radius 3 is 2.71 bits per heavy atom. The number of nitrogens with one attached hydrogen (secondary N) is 1. The Balaban J connectivity index is 1.91. The fraction of sp³-hybridized carbons (Fsp3) is 0.684. The van der Waals surface area contributed by atoms with Crippen LogP contribution in [0.2, 0.25) is 0 Å². The molecule has 1 aliphatic heterocycles. The molecule has 1 aromatic rings. The Morgan fingerprint density at radius 1 is 1.14 bits per heavy atom. The van der Waals surface area contributed by atoms with Gasteiger partial charge in [0.1, 0.15) is 0 Å². The molecule has 1 saturated carbocycles. The molecule has 0 amide bonds. The van der Waals surface area contributed by atoms with Crippen LogP contribution in [0.25, 0.3) is 0 Å². The van der Waals surface area contributed by atoms with E-state index in [1.165, 1.54) is 56.3 Å². The molecule has 3 atom stereocenters. The molecule has 0 spiro atoms. The van der Waals surface area contributed by atoms with Crippen molar-refractivity contribution >= 4 is 5.69 Å². The zero-order chi connectivity index (χ0) is 14.7. The second-order valence-corrected chi connectivity index (χ2v) is 6.76. The number of anilines is 1. The first-order valence-corrected chi connectivity index (χ1v) is 8.88. The highest BCUT2D eigenvalue weighted by Gasteiger charge is 2.34. The summed E-state index contributed by atoms with van der Waals surface area (Å²) < 4.78 is 0. The van der Waals surface area contributed by atoms with Gasteiger partial charge in [-0.3, -0.25) is 0 Å². The minimum absolute atomic E-state index is 0.477. The molecule has 2 nitrogen and oxygen atoms in total. The topological polar surface area (TPSA) is 15.3 Å². The summed E-state index contributed by atoms with van der Waals surface area (Å²) in [6, 6.07) is 10.4. The predicted molar refractivity (Wildman–Crippen MR) is 90.9 cm³/mol. The van der Waals surface area contributed by atoms with E-state index in [0.29, 0.717) is 6.04 Å². The highest BCUT2D eigenvalue weighted by molar-refractivity contribution is 5.56. The Bertz CT molecular complexity index is 451. The maximum absolute atomic E-state index is 3.49. The van der Waals surface area contributed by atoms with Gasteiger partial charge in [0.2, 0.25) is 0 Å². The molecule has 1 aromatic carbocycles.